The molecule has 0 amide bonds. The van der Waals surface area contributed by atoms with Crippen LogP contribution >= 0.6 is 23.1 Å². The summed E-state index contributed by atoms with van der Waals surface area (Å²) in [5, 5.41) is 9.85. The number of carboxylic acids is 1. The van der Waals surface area contributed by atoms with E-state index in [0.29, 0.717) is 10.9 Å². The molecule has 0 aliphatic heterocycles. The fraction of sp³-hybridized carbons (Fsp3) is 0.231. The highest BCUT2D eigenvalue weighted by Crippen LogP contribution is 2.33. The number of rotatable bonds is 5. The predicted molar refractivity (Wildman–Crippen MR) is 78.8 cm³/mol. The summed E-state index contributed by atoms with van der Waals surface area (Å²) in [6, 6.07) is 9.27. The van der Waals surface area contributed by atoms with E-state index in [1.54, 1.807) is 0 Å². The highest BCUT2D eigenvalue weighted by molar-refractivity contribution is 8.01. The molecule has 100 valence electrons. The molecule has 0 spiro atoms. The molecule has 1 aromatic carbocycles. The third-order valence-electron chi connectivity index (χ3n) is 2.65. The van der Waals surface area contributed by atoms with Gasteiger partial charge >= 0.3 is 5.97 Å². The second-order valence-corrected chi connectivity index (χ2v) is 6.36. The molecule has 3 N–H and O–H groups in total. The number of carboxylic acid groups (broad SMARTS) is 1. The predicted octanol–water partition coefficient (Wildman–Crippen LogP) is 2.99. The molecule has 4 nitrogen and oxygen atoms in total. The molecule has 0 saturated carbocycles. The van der Waals surface area contributed by atoms with E-state index in [9.17, 15) is 9.90 Å². The molecule has 19 heavy (non-hydrogen) atoms. The van der Waals surface area contributed by atoms with E-state index in [1.807, 2.05) is 37.3 Å². The van der Waals surface area contributed by atoms with Gasteiger partial charge in [-0.05, 0) is 12.5 Å². The zero-order valence-corrected chi connectivity index (χ0v) is 12.0. The second kappa shape index (κ2) is 6.08. The van der Waals surface area contributed by atoms with Gasteiger partial charge in [0, 0.05) is 5.75 Å². The van der Waals surface area contributed by atoms with Gasteiger partial charge in [0.15, 0.2) is 5.13 Å². The minimum Gasteiger partial charge on any atom is -0.481 e. The monoisotopic (exact) mass is 294 g/mol. The normalized spacial score (nSPS) is 12.3. The van der Waals surface area contributed by atoms with Crippen molar-refractivity contribution in [2.24, 2.45) is 0 Å². The first kappa shape index (κ1) is 13.9. The van der Waals surface area contributed by atoms with Crippen LogP contribution in [0.2, 0.25) is 0 Å². The van der Waals surface area contributed by atoms with Crippen molar-refractivity contribution in [1.82, 2.24) is 4.98 Å². The third-order valence-corrected chi connectivity index (χ3v) is 5.09. The average Bonchev–Trinajstić information content (AvgIpc) is 2.69. The lowest BCUT2D eigenvalue weighted by Gasteiger charge is -2.11. The molecule has 0 radical (unpaired) electrons. The van der Waals surface area contributed by atoms with Gasteiger partial charge in [-0.3, -0.25) is 4.79 Å². The van der Waals surface area contributed by atoms with Gasteiger partial charge in [-0.2, -0.15) is 0 Å². The van der Waals surface area contributed by atoms with E-state index >= 15 is 0 Å². The van der Waals surface area contributed by atoms with Gasteiger partial charge in [0.1, 0.15) is 0 Å². The van der Waals surface area contributed by atoms with E-state index in [1.165, 1.54) is 23.1 Å². The number of aliphatic carboxylic acids is 1. The summed E-state index contributed by atoms with van der Waals surface area (Å²) >= 11 is 2.89. The molecule has 1 atom stereocenters. The number of nitrogen functional groups attached to an aromatic ring is 1. The maximum atomic E-state index is 11.4. The lowest BCUT2D eigenvalue weighted by molar-refractivity contribution is -0.138. The molecule has 0 fully saturated rings. The minimum absolute atomic E-state index is 0.474. The topological polar surface area (TPSA) is 76.2 Å². The third kappa shape index (κ3) is 3.48. The SMILES string of the molecule is Cc1nc(N)sc1SCC(C(=O)O)c1ccccc1. The summed E-state index contributed by atoms with van der Waals surface area (Å²) < 4.78 is 0.986. The molecule has 0 bridgehead atoms. The van der Waals surface area contributed by atoms with Crippen molar-refractivity contribution in [3.63, 3.8) is 0 Å². The molecule has 6 heteroatoms. The summed E-state index contributed by atoms with van der Waals surface area (Å²) in [4.78, 5) is 15.5. The Hall–Kier alpha value is -1.53. The summed E-state index contributed by atoms with van der Waals surface area (Å²) in [7, 11) is 0. The highest BCUT2D eigenvalue weighted by atomic mass is 32.2. The first-order valence-corrected chi connectivity index (χ1v) is 7.51. The summed E-state index contributed by atoms with van der Waals surface area (Å²) in [6.07, 6.45) is 0. The van der Waals surface area contributed by atoms with Crippen molar-refractivity contribution in [1.29, 1.82) is 0 Å². The summed E-state index contributed by atoms with van der Waals surface area (Å²) in [5.41, 5.74) is 7.32. The molecule has 1 heterocycles. The smallest absolute Gasteiger partial charge is 0.311 e. The van der Waals surface area contributed by atoms with Crippen molar-refractivity contribution in [3.8, 4) is 0 Å². The Morgan fingerprint density at radius 1 is 1.47 bits per heavy atom. The molecular weight excluding hydrogens is 280 g/mol. The van der Waals surface area contributed by atoms with Crippen molar-refractivity contribution >= 4 is 34.2 Å². The van der Waals surface area contributed by atoms with Crippen molar-refractivity contribution in [3.05, 3.63) is 41.6 Å². The van der Waals surface area contributed by atoms with Crippen LogP contribution in [0.5, 0.6) is 0 Å². The van der Waals surface area contributed by atoms with Gasteiger partial charge in [-0.15, -0.1) is 11.8 Å². The Balaban J connectivity index is 2.10. The summed E-state index contributed by atoms with van der Waals surface area (Å²) in [5.74, 6) is -0.857. The maximum Gasteiger partial charge on any atom is 0.311 e. The van der Waals surface area contributed by atoms with Gasteiger partial charge in [0.25, 0.3) is 0 Å². The lowest BCUT2D eigenvalue weighted by atomic mass is 10.0. The van der Waals surface area contributed by atoms with Crippen LogP contribution < -0.4 is 5.73 Å². The lowest BCUT2D eigenvalue weighted by Crippen LogP contribution is -2.13. The number of hydrogen-bond donors (Lipinski definition) is 2. The summed E-state index contributed by atoms with van der Waals surface area (Å²) in [6.45, 7) is 1.88. The molecule has 2 rings (SSSR count). The zero-order chi connectivity index (χ0) is 13.8. The Morgan fingerprint density at radius 2 is 2.16 bits per heavy atom. The van der Waals surface area contributed by atoms with E-state index in [0.717, 1.165) is 15.5 Å². The van der Waals surface area contributed by atoms with Crippen LogP contribution in [-0.2, 0) is 4.79 Å². The van der Waals surface area contributed by atoms with Gasteiger partial charge in [0.2, 0.25) is 0 Å². The van der Waals surface area contributed by atoms with E-state index < -0.39 is 11.9 Å². The number of nitrogens with zero attached hydrogens (tertiary/aromatic N) is 1. The quantitative estimate of drug-likeness (QED) is 0.829. The van der Waals surface area contributed by atoms with Crippen LogP contribution in [0.25, 0.3) is 0 Å². The first-order chi connectivity index (χ1) is 9.08. The van der Waals surface area contributed by atoms with Crippen molar-refractivity contribution in [2.75, 3.05) is 11.5 Å². The van der Waals surface area contributed by atoms with Crippen LogP contribution in [0.1, 0.15) is 17.2 Å². The number of aryl methyl sites for hydroxylation is 1. The number of thiazole rings is 1. The van der Waals surface area contributed by atoms with Crippen LogP contribution in [0.15, 0.2) is 34.5 Å². The molecule has 0 saturated heterocycles. The molecule has 0 aliphatic rings. The first-order valence-electron chi connectivity index (χ1n) is 5.71. The minimum atomic E-state index is -0.811. The van der Waals surface area contributed by atoms with Gasteiger partial charge in [-0.1, -0.05) is 41.7 Å². The van der Waals surface area contributed by atoms with Crippen molar-refractivity contribution < 1.29 is 9.90 Å². The van der Waals surface area contributed by atoms with Crippen molar-refractivity contribution in [2.45, 2.75) is 17.1 Å². The Labute approximate surface area is 119 Å². The van der Waals surface area contributed by atoms with Crippen LogP contribution in [0, 0.1) is 6.92 Å². The fourth-order valence-electron chi connectivity index (χ4n) is 1.69. The maximum absolute atomic E-state index is 11.4. The number of thioether (sulfide) groups is 1. The van der Waals surface area contributed by atoms with Gasteiger partial charge < -0.3 is 10.8 Å². The number of benzene rings is 1. The molecule has 1 unspecified atom stereocenters. The van der Waals surface area contributed by atoms with Gasteiger partial charge in [0.05, 0.1) is 15.8 Å². The highest BCUT2D eigenvalue weighted by Gasteiger charge is 2.20. The Bertz CT molecular complexity index is 569. The van der Waals surface area contributed by atoms with E-state index in [2.05, 4.69) is 4.98 Å². The number of carbonyl (C=O) groups is 1. The number of anilines is 1. The molecule has 0 aliphatic carbocycles. The Morgan fingerprint density at radius 3 is 2.68 bits per heavy atom. The van der Waals surface area contributed by atoms with Crippen LogP contribution in [0.4, 0.5) is 5.13 Å². The molecule has 2 aromatic rings. The number of hydrogen-bond acceptors (Lipinski definition) is 5. The van der Waals surface area contributed by atoms with Crippen LogP contribution in [-0.4, -0.2) is 21.8 Å². The van der Waals surface area contributed by atoms with E-state index in [4.69, 9.17) is 5.73 Å². The van der Waals surface area contributed by atoms with Crippen LogP contribution in [0.3, 0.4) is 0 Å². The Kier molecular flexibility index (Phi) is 4.44. The molecule has 1 aromatic heterocycles. The number of nitrogens with two attached hydrogens (primary N) is 1. The number of aromatic nitrogens is 1. The largest absolute Gasteiger partial charge is 0.481 e. The molecular formula is C13H14N2O2S2. The van der Waals surface area contributed by atoms with Gasteiger partial charge in [-0.25, -0.2) is 4.98 Å². The van der Waals surface area contributed by atoms with E-state index in [-0.39, 0.29) is 0 Å². The zero-order valence-electron chi connectivity index (χ0n) is 10.4. The average molecular weight is 294 g/mol. The second-order valence-electron chi connectivity index (χ2n) is 4.04. The fourth-order valence-corrected chi connectivity index (χ4v) is 3.86. The standard InChI is InChI=1S/C13H14N2O2S2/c1-8-12(19-13(14)15-8)18-7-10(11(16)17)9-5-3-2-4-6-9/h2-6,10H,7H2,1H3,(H2,14,15)(H,16,17).